The first-order valence-corrected chi connectivity index (χ1v) is 7.40. The summed E-state index contributed by atoms with van der Waals surface area (Å²) in [5, 5.41) is 0. The van der Waals surface area contributed by atoms with Crippen molar-refractivity contribution < 1.29 is 4.74 Å². The maximum atomic E-state index is 6.20. The van der Waals surface area contributed by atoms with Gasteiger partial charge in [0.25, 0.3) is 0 Å². The summed E-state index contributed by atoms with van der Waals surface area (Å²) in [7, 11) is 1.74. The summed E-state index contributed by atoms with van der Waals surface area (Å²) in [5.74, 6) is 0. The van der Waals surface area contributed by atoms with E-state index in [-0.39, 0.29) is 5.54 Å². The van der Waals surface area contributed by atoms with Gasteiger partial charge in [0.05, 0.1) is 0 Å². The molecule has 2 N–H and O–H groups in total. The molecule has 1 atom stereocenters. The molecule has 0 amide bonds. The van der Waals surface area contributed by atoms with Crippen LogP contribution in [0.1, 0.15) is 78.1 Å². The second-order valence-electron chi connectivity index (χ2n) is 5.62. The minimum atomic E-state index is -0.0295. The van der Waals surface area contributed by atoms with Crippen LogP contribution in [0.25, 0.3) is 0 Å². The normalized spacial score (nSPS) is 14.8. The summed E-state index contributed by atoms with van der Waals surface area (Å²) < 4.78 is 5.08. The van der Waals surface area contributed by atoms with Gasteiger partial charge in [-0.2, -0.15) is 0 Å². The van der Waals surface area contributed by atoms with E-state index in [1.807, 2.05) is 0 Å². The van der Waals surface area contributed by atoms with Crippen molar-refractivity contribution in [3.8, 4) is 0 Å². The van der Waals surface area contributed by atoms with Crippen molar-refractivity contribution in [3.63, 3.8) is 0 Å². The molecule has 0 saturated heterocycles. The number of hydrogen-bond donors (Lipinski definition) is 1. The van der Waals surface area contributed by atoms with E-state index in [0.29, 0.717) is 0 Å². The Kier molecular flexibility index (Phi) is 11.0. The van der Waals surface area contributed by atoms with E-state index in [4.69, 9.17) is 10.5 Å². The van der Waals surface area contributed by atoms with Crippen molar-refractivity contribution in [2.75, 3.05) is 13.7 Å². The molecular formula is C15H33NO. The average molecular weight is 243 g/mol. The highest BCUT2D eigenvalue weighted by Crippen LogP contribution is 2.17. The smallest absolute Gasteiger partial charge is 0.0479 e. The van der Waals surface area contributed by atoms with Crippen molar-refractivity contribution in [1.29, 1.82) is 0 Å². The first kappa shape index (κ1) is 16.9. The van der Waals surface area contributed by atoms with Gasteiger partial charge >= 0.3 is 0 Å². The second-order valence-corrected chi connectivity index (χ2v) is 5.62. The standard InChI is InChI=1S/C15H33NO/c1-4-5-6-7-8-9-10-11-12-15(2,16)13-14-17-3/h4-14,16H2,1-3H3. The maximum absolute atomic E-state index is 6.20. The van der Waals surface area contributed by atoms with Crippen molar-refractivity contribution in [2.24, 2.45) is 5.73 Å². The van der Waals surface area contributed by atoms with E-state index in [1.165, 1.54) is 51.4 Å². The highest BCUT2D eigenvalue weighted by atomic mass is 16.5. The SMILES string of the molecule is CCCCCCCCCCC(C)(N)CCOC. The number of hydrogen-bond acceptors (Lipinski definition) is 2. The van der Waals surface area contributed by atoms with Gasteiger partial charge in [0, 0.05) is 19.3 Å². The third kappa shape index (κ3) is 12.2. The highest BCUT2D eigenvalue weighted by molar-refractivity contribution is 4.77. The first-order valence-electron chi connectivity index (χ1n) is 7.40. The summed E-state index contributed by atoms with van der Waals surface area (Å²) in [4.78, 5) is 0. The lowest BCUT2D eigenvalue weighted by Crippen LogP contribution is -2.37. The zero-order valence-corrected chi connectivity index (χ0v) is 12.3. The summed E-state index contributed by atoms with van der Waals surface area (Å²) in [6.45, 7) is 5.19. The second kappa shape index (κ2) is 11.0. The van der Waals surface area contributed by atoms with Crippen molar-refractivity contribution in [2.45, 2.75) is 83.6 Å². The molecule has 17 heavy (non-hydrogen) atoms. The Bertz CT molecular complexity index is 157. The maximum Gasteiger partial charge on any atom is 0.0479 e. The molecule has 104 valence electrons. The van der Waals surface area contributed by atoms with Gasteiger partial charge < -0.3 is 10.5 Å². The molecule has 0 aromatic carbocycles. The lowest BCUT2D eigenvalue weighted by atomic mass is 9.92. The Morgan fingerprint density at radius 2 is 1.41 bits per heavy atom. The first-order chi connectivity index (χ1) is 8.12. The minimum Gasteiger partial charge on any atom is -0.385 e. The molecule has 0 aromatic heterocycles. The van der Waals surface area contributed by atoms with Crippen LogP contribution in [0.15, 0.2) is 0 Å². The van der Waals surface area contributed by atoms with Gasteiger partial charge in [0.15, 0.2) is 0 Å². The molecule has 0 aromatic rings. The molecule has 0 saturated carbocycles. The van der Waals surface area contributed by atoms with Gasteiger partial charge in [-0.25, -0.2) is 0 Å². The number of unbranched alkanes of at least 4 members (excludes halogenated alkanes) is 7. The van der Waals surface area contributed by atoms with E-state index in [9.17, 15) is 0 Å². The molecule has 0 aliphatic carbocycles. The van der Waals surface area contributed by atoms with E-state index in [2.05, 4.69) is 13.8 Å². The molecule has 1 unspecified atom stereocenters. The van der Waals surface area contributed by atoms with Gasteiger partial charge in [-0.1, -0.05) is 58.3 Å². The number of rotatable bonds is 12. The summed E-state index contributed by atoms with van der Waals surface area (Å²) in [6, 6.07) is 0. The fourth-order valence-corrected chi connectivity index (χ4v) is 2.12. The predicted octanol–water partition coefficient (Wildman–Crippen LogP) is 4.27. The van der Waals surface area contributed by atoms with Gasteiger partial charge in [-0.15, -0.1) is 0 Å². The summed E-state index contributed by atoms with van der Waals surface area (Å²) in [6.07, 6.45) is 13.1. The minimum absolute atomic E-state index is 0.0295. The zero-order valence-electron chi connectivity index (χ0n) is 12.3. The molecule has 0 rings (SSSR count). The molecule has 0 aliphatic rings. The third-order valence-electron chi connectivity index (χ3n) is 3.48. The predicted molar refractivity (Wildman–Crippen MR) is 76.3 cm³/mol. The van der Waals surface area contributed by atoms with Crippen LogP contribution in [0.4, 0.5) is 0 Å². The Morgan fingerprint density at radius 3 is 1.94 bits per heavy atom. The van der Waals surface area contributed by atoms with Crippen LogP contribution in [-0.2, 0) is 4.74 Å². The topological polar surface area (TPSA) is 35.2 Å². The van der Waals surface area contributed by atoms with E-state index >= 15 is 0 Å². The molecule has 0 bridgehead atoms. The molecular weight excluding hydrogens is 210 g/mol. The molecule has 0 spiro atoms. The molecule has 0 aliphatic heterocycles. The zero-order chi connectivity index (χ0) is 13.0. The van der Waals surface area contributed by atoms with E-state index < -0.39 is 0 Å². The van der Waals surface area contributed by atoms with Crippen molar-refractivity contribution in [3.05, 3.63) is 0 Å². The molecule has 2 nitrogen and oxygen atoms in total. The van der Waals surface area contributed by atoms with Gasteiger partial charge in [-0.05, 0) is 19.8 Å². The monoisotopic (exact) mass is 243 g/mol. The Morgan fingerprint density at radius 1 is 0.882 bits per heavy atom. The fraction of sp³-hybridized carbons (Fsp3) is 1.00. The number of methoxy groups -OCH3 is 1. The van der Waals surface area contributed by atoms with Crippen molar-refractivity contribution >= 4 is 0 Å². The lowest BCUT2D eigenvalue weighted by Gasteiger charge is -2.24. The molecule has 0 fully saturated rings. The molecule has 2 heteroatoms. The van der Waals surface area contributed by atoms with Crippen molar-refractivity contribution in [1.82, 2.24) is 0 Å². The molecule has 0 heterocycles. The van der Waals surface area contributed by atoms with Crippen LogP contribution < -0.4 is 5.73 Å². The van der Waals surface area contributed by atoms with E-state index in [1.54, 1.807) is 7.11 Å². The Balaban J connectivity index is 3.26. The van der Waals surface area contributed by atoms with Crippen LogP contribution >= 0.6 is 0 Å². The van der Waals surface area contributed by atoms with Crippen LogP contribution in [0.5, 0.6) is 0 Å². The highest BCUT2D eigenvalue weighted by Gasteiger charge is 2.16. The van der Waals surface area contributed by atoms with E-state index in [0.717, 1.165) is 19.4 Å². The fourth-order valence-electron chi connectivity index (χ4n) is 2.12. The van der Waals surface area contributed by atoms with Gasteiger partial charge in [0.2, 0.25) is 0 Å². The Hall–Kier alpha value is -0.0800. The summed E-state index contributed by atoms with van der Waals surface area (Å²) >= 11 is 0. The largest absolute Gasteiger partial charge is 0.385 e. The number of nitrogens with two attached hydrogens (primary N) is 1. The number of ether oxygens (including phenoxy) is 1. The quantitative estimate of drug-likeness (QED) is 0.519. The van der Waals surface area contributed by atoms with Crippen LogP contribution in [0.3, 0.4) is 0 Å². The molecule has 0 radical (unpaired) electrons. The lowest BCUT2D eigenvalue weighted by molar-refractivity contribution is 0.168. The Labute approximate surface area is 108 Å². The van der Waals surface area contributed by atoms with Gasteiger partial charge in [0.1, 0.15) is 0 Å². The van der Waals surface area contributed by atoms with Crippen LogP contribution in [0, 0.1) is 0 Å². The van der Waals surface area contributed by atoms with Crippen LogP contribution in [-0.4, -0.2) is 19.3 Å². The van der Waals surface area contributed by atoms with Gasteiger partial charge in [-0.3, -0.25) is 0 Å². The average Bonchev–Trinajstić information content (AvgIpc) is 2.30. The third-order valence-corrected chi connectivity index (χ3v) is 3.48. The summed E-state index contributed by atoms with van der Waals surface area (Å²) in [5.41, 5.74) is 6.17. The van der Waals surface area contributed by atoms with Crippen LogP contribution in [0.2, 0.25) is 0 Å².